The van der Waals surface area contributed by atoms with Gasteiger partial charge in [0.15, 0.2) is 0 Å². The van der Waals surface area contributed by atoms with E-state index in [4.69, 9.17) is 0 Å². The molecule has 4 unspecified atom stereocenters. The van der Waals surface area contributed by atoms with Gasteiger partial charge in [-0.05, 0) is 19.9 Å². The van der Waals surface area contributed by atoms with E-state index in [9.17, 15) is 13.2 Å². The zero-order chi connectivity index (χ0) is 13.8. The number of hydrogen-bond acceptors (Lipinski definition) is 3. The van der Waals surface area contributed by atoms with Gasteiger partial charge in [-0.25, -0.2) is 0 Å². The maximum Gasteiger partial charge on any atom is 0.389 e. The molecule has 4 atom stereocenters. The molecule has 1 saturated heterocycles. The lowest BCUT2D eigenvalue weighted by molar-refractivity contribution is -0.135. The summed E-state index contributed by atoms with van der Waals surface area (Å²) in [6.07, 6.45) is -3.85. The third-order valence-corrected chi connectivity index (χ3v) is 6.92. The van der Waals surface area contributed by atoms with Gasteiger partial charge in [-0.1, -0.05) is 13.8 Å². The number of nitrogens with one attached hydrogen (secondary N) is 1. The Morgan fingerprint density at radius 3 is 2.44 bits per heavy atom. The fraction of sp³-hybridized carbons (Fsp3) is 1.00. The molecule has 0 radical (unpaired) electrons. The van der Waals surface area contributed by atoms with Crippen LogP contribution >= 0.6 is 23.5 Å². The van der Waals surface area contributed by atoms with Crippen LogP contribution in [0.25, 0.3) is 0 Å². The highest BCUT2D eigenvalue weighted by Crippen LogP contribution is 2.38. The average Bonchev–Trinajstić information content (AvgIpc) is 2.27. The molecule has 1 N–H and O–H groups in total. The van der Waals surface area contributed by atoms with Crippen LogP contribution in [0.4, 0.5) is 13.2 Å². The Kier molecular flexibility index (Phi) is 6.68. The summed E-state index contributed by atoms with van der Waals surface area (Å²) in [6.45, 7) is 4.42. The van der Waals surface area contributed by atoms with E-state index in [0.29, 0.717) is 22.2 Å². The monoisotopic (exact) mass is 301 g/mol. The summed E-state index contributed by atoms with van der Waals surface area (Å²) < 4.78 is 36.4. The summed E-state index contributed by atoms with van der Waals surface area (Å²) in [5.74, 6) is 1.04. The van der Waals surface area contributed by atoms with Gasteiger partial charge in [0.2, 0.25) is 0 Å². The Bertz CT molecular complexity index is 248. The smallest absolute Gasteiger partial charge is 0.316 e. The van der Waals surface area contributed by atoms with E-state index in [0.717, 1.165) is 5.75 Å². The van der Waals surface area contributed by atoms with E-state index in [1.165, 1.54) is 0 Å². The standard InChI is InChI=1S/C12H22F3NS2/c1-8-9(2)18-11(7-17-8)10(16-3)5-4-6-12(13,14)15/h8-11,16H,4-7H2,1-3H3. The summed E-state index contributed by atoms with van der Waals surface area (Å²) >= 11 is 3.85. The number of rotatable bonds is 5. The van der Waals surface area contributed by atoms with E-state index >= 15 is 0 Å². The van der Waals surface area contributed by atoms with Crippen molar-refractivity contribution in [1.82, 2.24) is 5.32 Å². The molecule has 1 aliphatic rings. The lowest BCUT2D eigenvalue weighted by Gasteiger charge is -2.36. The SMILES string of the molecule is CNC(CCCC(F)(F)F)C1CSC(C)C(C)S1. The molecule has 1 rings (SSSR count). The zero-order valence-corrected chi connectivity index (χ0v) is 12.7. The van der Waals surface area contributed by atoms with Crippen LogP contribution in [0, 0.1) is 0 Å². The summed E-state index contributed by atoms with van der Waals surface area (Å²) in [4.78, 5) is 0. The molecule has 1 aliphatic heterocycles. The third-order valence-electron chi connectivity index (χ3n) is 3.37. The van der Waals surface area contributed by atoms with E-state index in [2.05, 4.69) is 19.2 Å². The second kappa shape index (κ2) is 7.29. The first-order valence-electron chi connectivity index (χ1n) is 6.34. The Morgan fingerprint density at radius 2 is 1.94 bits per heavy atom. The molecular weight excluding hydrogens is 279 g/mol. The van der Waals surface area contributed by atoms with Gasteiger partial charge in [-0.3, -0.25) is 0 Å². The van der Waals surface area contributed by atoms with E-state index in [1.54, 1.807) is 0 Å². The Balaban J connectivity index is 2.37. The average molecular weight is 301 g/mol. The zero-order valence-electron chi connectivity index (χ0n) is 11.1. The number of thioether (sulfide) groups is 2. The van der Waals surface area contributed by atoms with E-state index in [1.807, 2.05) is 30.6 Å². The first kappa shape index (κ1) is 16.5. The molecule has 0 bridgehead atoms. The van der Waals surface area contributed by atoms with Gasteiger partial charge in [0.05, 0.1) is 0 Å². The van der Waals surface area contributed by atoms with Crippen molar-refractivity contribution >= 4 is 23.5 Å². The quantitative estimate of drug-likeness (QED) is 0.826. The molecule has 0 aromatic carbocycles. The molecule has 1 heterocycles. The molecular formula is C12H22F3NS2. The van der Waals surface area contributed by atoms with Crippen LogP contribution in [0.2, 0.25) is 0 Å². The van der Waals surface area contributed by atoms with Crippen LogP contribution in [0.15, 0.2) is 0 Å². The van der Waals surface area contributed by atoms with Gasteiger partial charge < -0.3 is 5.32 Å². The highest BCUT2D eigenvalue weighted by molar-refractivity contribution is 8.07. The fourth-order valence-corrected chi connectivity index (χ4v) is 5.27. The minimum Gasteiger partial charge on any atom is -0.316 e. The second-order valence-electron chi connectivity index (χ2n) is 4.82. The van der Waals surface area contributed by atoms with E-state index in [-0.39, 0.29) is 12.5 Å². The number of halogens is 3. The predicted molar refractivity (Wildman–Crippen MR) is 75.5 cm³/mol. The summed E-state index contributed by atoms with van der Waals surface area (Å²) in [5, 5.41) is 4.84. The van der Waals surface area contributed by atoms with Gasteiger partial charge in [0.25, 0.3) is 0 Å². The van der Waals surface area contributed by atoms with Crippen molar-refractivity contribution in [3.63, 3.8) is 0 Å². The minimum absolute atomic E-state index is 0.194. The summed E-state index contributed by atoms with van der Waals surface area (Å²) in [7, 11) is 1.85. The van der Waals surface area contributed by atoms with Crippen molar-refractivity contribution in [2.45, 2.75) is 61.1 Å². The van der Waals surface area contributed by atoms with Crippen molar-refractivity contribution in [2.75, 3.05) is 12.8 Å². The Hall–Kier alpha value is 0.450. The highest BCUT2D eigenvalue weighted by atomic mass is 32.2. The van der Waals surface area contributed by atoms with Crippen LogP contribution in [-0.2, 0) is 0 Å². The molecule has 108 valence electrons. The van der Waals surface area contributed by atoms with Crippen molar-refractivity contribution in [3.8, 4) is 0 Å². The first-order valence-corrected chi connectivity index (χ1v) is 8.33. The normalized spacial score (nSPS) is 31.3. The summed E-state index contributed by atoms with van der Waals surface area (Å²) in [6, 6.07) is 0.194. The molecule has 0 aromatic heterocycles. The van der Waals surface area contributed by atoms with Gasteiger partial charge in [-0.15, -0.1) is 0 Å². The van der Waals surface area contributed by atoms with Gasteiger partial charge in [0.1, 0.15) is 0 Å². The fourth-order valence-electron chi connectivity index (χ4n) is 2.06. The molecule has 18 heavy (non-hydrogen) atoms. The first-order chi connectivity index (χ1) is 8.33. The van der Waals surface area contributed by atoms with Crippen molar-refractivity contribution < 1.29 is 13.2 Å². The molecule has 1 nitrogen and oxygen atoms in total. The minimum atomic E-state index is -4.02. The van der Waals surface area contributed by atoms with Crippen LogP contribution < -0.4 is 5.32 Å². The molecule has 0 saturated carbocycles. The Labute approximate surface area is 116 Å². The van der Waals surface area contributed by atoms with Gasteiger partial charge in [-0.2, -0.15) is 36.7 Å². The lowest BCUT2D eigenvalue weighted by atomic mass is 10.1. The molecule has 1 fully saturated rings. The van der Waals surface area contributed by atoms with Crippen LogP contribution in [0.5, 0.6) is 0 Å². The van der Waals surface area contributed by atoms with Gasteiger partial charge in [0, 0.05) is 34.0 Å². The largest absolute Gasteiger partial charge is 0.389 e. The molecule has 0 spiro atoms. The van der Waals surface area contributed by atoms with Crippen LogP contribution in [0.1, 0.15) is 33.1 Å². The van der Waals surface area contributed by atoms with Gasteiger partial charge >= 0.3 is 6.18 Å². The highest BCUT2D eigenvalue weighted by Gasteiger charge is 2.32. The summed E-state index contributed by atoms with van der Waals surface area (Å²) in [5.41, 5.74) is 0. The van der Waals surface area contributed by atoms with Crippen LogP contribution in [-0.4, -0.2) is 40.8 Å². The maximum atomic E-state index is 12.1. The van der Waals surface area contributed by atoms with Crippen molar-refractivity contribution in [2.24, 2.45) is 0 Å². The molecule has 0 aromatic rings. The van der Waals surface area contributed by atoms with E-state index < -0.39 is 12.6 Å². The maximum absolute atomic E-state index is 12.1. The topological polar surface area (TPSA) is 12.0 Å². The van der Waals surface area contributed by atoms with Crippen molar-refractivity contribution in [3.05, 3.63) is 0 Å². The third kappa shape index (κ3) is 5.61. The number of alkyl halides is 3. The molecule has 0 amide bonds. The number of hydrogen-bond donors (Lipinski definition) is 1. The van der Waals surface area contributed by atoms with Crippen molar-refractivity contribution in [1.29, 1.82) is 0 Å². The lowest BCUT2D eigenvalue weighted by Crippen LogP contribution is -2.41. The molecule has 6 heteroatoms. The molecule has 0 aliphatic carbocycles. The second-order valence-corrected chi connectivity index (χ2v) is 7.85. The predicted octanol–water partition coefficient (Wildman–Crippen LogP) is 3.93. The van der Waals surface area contributed by atoms with Crippen LogP contribution in [0.3, 0.4) is 0 Å². The Morgan fingerprint density at radius 1 is 1.28 bits per heavy atom.